The van der Waals surface area contributed by atoms with Gasteiger partial charge >= 0.3 is 0 Å². The van der Waals surface area contributed by atoms with Gasteiger partial charge in [0, 0.05) is 0 Å². The van der Waals surface area contributed by atoms with E-state index in [1.807, 2.05) is 62.4 Å². The Morgan fingerprint density at radius 1 is 0.944 bits per heavy atom. The van der Waals surface area contributed by atoms with Crippen LogP contribution in [0.5, 0.6) is 0 Å². The second-order valence-corrected chi connectivity index (χ2v) is 4.67. The molecular weight excluding hydrogens is 222 g/mol. The molecule has 0 radical (unpaired) electrons. The van der Waals surface area contributed by atoms with Crippen LogP contribution in [0.25, 0.3) is 0 Å². The minimum Gasteiger partial charge on any atom is -0.386 e. The summed E-state index contributed by atoms with van der Waals surface area (Å²) in [6, 6.07) is 15.2. The van der Waals surface area contributed by atoms with E-state index in [2.05, 4.69) is 0 Å². The van der Waals surface area contributed by atoms with Gasteiger partial charge in [0.2, 0.25) is 0 Å². The number of aliphatic hydroxyl groups excluding tert-OH is 1. The van der Waals surface area contributed by atoms with Crippen LogP contribution < -0.4 is 5.73 Å². The lowest BCUT2D eigenvalue weighted by Crippen LogP contribution is -2.20. The minimum atomic E-state index is -0.674. The molecule has 2 rings (SSSR count). The Bertz CT molecular complexity index is 522. The molecule has 0 aromatic heterocycles. The van der Waals surface area contributed by atoms with Crippen molar-refractivity contribution >= 4 is 0 Å². The van der Waals surface area contributed by atoms with Crippen molar-refractivity contribution < 1.29 is 5.11 Å². The smallest absolute Gasteiger partial charge is 0.0985 e. The first kappa shape index (κ1) is 12.8. The molecule has 0 saturated heterocycles. The van der Waals surface area contributed by atoms with Gasteiger partial charge < -0.3 is 10.8 Å². The molecule has 0 amide bonds. The third-order valence-corrected chi connectivity index (χ3v) is 3.49. The second kappa shape index (κ2) is 5.34. The first-order valence-corrected chi connectivity index (χ1v) is 6.16. The van der Waals surface area contributed by atoms with E-state index in [4.69, 9.17) is 5.73 Å². The summed E-state index contributed by atoms with van der Waals surface area (Å²) >= 11 is 0. The molecule has 2 aromatic carbocycles. The maximum Gasteiger partial charge on any atom is 0.0985 e. The topological polar surface area (TPSA) is 46.2 Å². The summed E-state index contributed by atoms with van der Waals surface area (Å²) in [4.78, 5) is 0. The summed E-state index contributed by atoms with van der Waals surface area (Å²) in [6.07, 6.45) is -0.674. The highest BCUT2D eigenvalue weighted by molar-refractivity contribution is 5.36. The maximum absolute atomic E-state index is 10.4. The number of hydrogen-bond donors (Lipinski definition) is 2. The Morgan fingerprint density at radius 3 is 2.28 bits per heavy atom. The van der Waals surface area contributed by atoms with Crippen LogP contribution in [0.3, 0.4) is 0 Å². The number of nitrogens with two attached hydrogens (primary N) is 1. The fourth-order valence-corrected chi connectivity index (χ4v) is 2.15. The lowest BCUT2D eigenvalue weighted by atomic mass is 9.92. The quantitative estimate of drug-likeness (QED) is 0.867. The van der Waals surface area contributed by atoms with Gasteiger partial charge in [0.25, 0.3) is 0 Å². The SMILES string of the molecule is Cc1cccc(C(O)C(N)c2ccccc2)c1C. The first-order chi connectivity index (χ1) is 8.61. The van der Waals surface area contributed by atoms with E-state index in [0.717, 1.165) is 16.7 Å². The fourth-order valence-electron chi connectivity index (χ4n) is 2.15. The first-order valence-electron chi connectivity index (χ1n) is 6.16. The lowest BCUT2D eigenvalue weighted by molar-refractivity contribution is 0.146. The van der Waals surface area contributed by atoms with Gasteiger partial charge in [-0.05, 0) is 36.1 Å². The van der Waals surface area contributed by atoms with Crippen molar-refractivity contribution in [2.45, 2.75) is 26.0 Å². The summed E-state index contributed by atoms with van der Waals surface area (Å²) in [5.74, 6) is 0. The molecule has 2 unspecified atom stereocenters. The highest BCUT2D eigenvalue weighted by atomic mass is 16.3. The van der Waals surface area contributed by atoms with Crippen molar-refractivity contribution in [3.8, 4) is 0 Å². The number of aliphatic hydroxyl groups is 1. The van der Waals surface area contributed by atoms with E-state index < -0.39 is 12.1 Å². The molecule has 3 N–H and O–H groups in total. The normalized spacial score (nSPS) is 14.2. The molecule has 2 atom stereocenters. The summed E-state index contributed by atoms with van der Waals surface area (Å²) in [5, 5.41) is 10.4. The molecule has 0 saturated carbocycles. The van der Waals surface area contributed by atoms with E-state index >= 15 is 0 Å². The van der Waals surface area contributed by atoms with Gasteiger partial charge in [0.1, 0.15) is 0 Å². The van der Waals surface area contributed by atoms with Crippen LogP contribution in [-0.2, 0) is 0 Å². The number of aryl methyl sites for hydroxylation is 1. The molecule has 0 heterocycles. The van der Waals surface area contributed by atoms with Crippen LogP contribution in [0.2, 0.25) is 0 Å². The second-order valence-electron chi connectivity index (χ2n) is 4.67. The Hall–Kier alpha value is -1.64. The minimum absolute atomic E-state index is 0.397. The molecule has 94 valence electrons. The van der Waals surface area contributed by atoms with Crippen molar-refractivity contribution in [3.63, 3.8) is 0 Å². The summed E-state index contributed by atoms with van der Waals surface area (Å²) in [6.45, 7) is 4.06. The molecule has 0 fully saturated rings. The fraction of sp³-hybridized carbons (Fsp3) is 0.250. The third kappa shape index (κ3) is 2.45. The zero-order valence-corrected chi connectivity index (χ0v) is 10.8. The average Bonchev–Trinajstić information content (AvgIpc) is 2.41. The van der Waals surface area contributed by atoms with Gasteiger partial charge in [0.05, 0.1) is 12.1 Å². The Balaban J connectivity index is 2.31. The van der Waals surface area contributed by atoms with E-state index in [1.54, 1.807) is 0 Å². The van der Waals surface area contributed by atoms with Crippen molar-refractivity contribution in [1.82, 2.24) is 0 Å². The van der Waals surface area contributed by atoms with Gasteiger partial charge in [-0.25, -0.2) is 0 Å². The zero-order valence-electron chi connectivity index (χ0n) is 10.8. The van der Waals surface area contributed by atoms with Crippen LogP contribution >= 0.6 is 0 Å². The van der Waals surface area contributed by atoms with Crippen molar-refractivity contribution in [1.29, 1.82) is 0 Å². The molecule has 0 aliphatic carbocycles. The van der Waals surface area contributed by atoms with Gasteiger partial charge in [-0.1, -0.05) is 48.5 Å². The predicted molar refractivity (Wildman–Crippen MR) is 74.2 cm³/mol. The van der Waals surface area contributed by atoms with Crippen LogP contribution in [-0.4, -0.2) is 5.11 Å². The lowest BCUT2D eigenvalue weighted by Gasteiger charge is -2.22. The predicted octanol–water partition coefficient (Wildman–Crippen LogP) is 3.04. The molecule has 0 bridgehead atoms. The molecule has 2 aromatic rings. The van der Waals surface area contributed by atoms with Crippen LogP contribution in [0.15, 0.2) is 48.5 Å². The van der Waals surface area contributed by atoms with Gasteiger partial charge in [-0.2, -0.15) is 0 Å². The van der Waals surface area contributed by atoms with Crippen LogP contribution in [0, 0.1) is 13.8 Å². The Morgan fingerprint density at radius 2 is 1.61 bits per heavy atom. The zero-order chi connectivity index (χ0) is 13.1. The summed E-state index contributed by atoms with van der Waals surface area (Å²) < 4.78 is 0. The van der Waals surface area contributed by atoms with E-state index in [1.165, 1.54) is 5.56 Å². The Labute approximate surface area is 108 Å². The van der Waals surface area contributed by atoms with Gasteiger partial charge in [0.15, 0.2) is 0 Å². The molecule has 18 heavy (non-hydrogen) atoms. The van der Waals surface area contributed by atoms with Gasteiger partial charge in [-0.3, -0.25) is 0 Å². The van der Waals surface area contributed by atoms with E-state index in [0.29, 0.717) is 0 Å². The number of hydrogen-bond acceptors (Lipinski definition) is 2. The molecule has 0 aliphatic heterocycles. The number of benzene rings is 2. The van der Waals surface area contributed by atoms with Crippen molar-refractivity contribution in [3.05, 3.63) is 70.8 Å². The summed E-state index contributed by atoms with van der Waals surface area (Å²) in [7, 11) is 0. The maximum atomic E-state index is 10.4. The molecular formula is C16H19NO. The summed E-state index contributed by atoms with van der Waals surface area (Å²) in [5.41, 5.74) is 10.3. The van der Waals surface area contributed by atoms with E-state index in [9.17, 15) is 5.11 Å². The van der Waals surface area contributed by atoms with Crippen molar-refractivity contribution in [2.75, 3.05) is 0 Å². The standard InChI is InChI=1S/C16H19NO/c1-11-7-6-10-14(12(11)2)16(18)15(17)13-8-4-3-5-9-13/h3-10,15-16,18H,17H2,1-2H3. The van der Waals surface area contributed by atoms with E-state index in [-0.39, 0.29) is 0 Å². The average molecular weight is 241 g/mol. The Kier molecular flexibility index (Phi) is 3.80. The highest BCUT2D eigenvalue weighted by Gasteiger charge is 2.20. The largest absolute Gasteiger partial charge is 0.386 e. The van der Waals surface area contributed by atoms with Crippen LogP contribution in [0.1, 0.15) is 34.4 Å². The highest BCUT2D eigenvalue weighted by Crippen LogP contribution is 2.29. The molecule has 2 heteroatoms. The monoisotopic (exact) mass is 241 g/mol. The third-order valence-electron chi connectivity index (χ3n) is 3.49. The molecule has 0 aliphatic rings. The van der Waals surface area contributed by atoms with Crippen LogP contribution in [0.4, 0.5) is 0 Å². The van der Waals surface area contributed by atoms with Crippen molar-refractivity contribution in [2.24, 2.45) is 5.73 Å². The molecule has 0 spiro atoms. The number of rotatable bonds is 3. The molecule has 2 nitrogen and oxygen atoms in total. The van der Waals surface area contributed by atoms with Gasteiger partial charge in [-0.15, -0.1) is 0 Å².